The van der Waals surface area contributed by atoms with Gasteiger partial charge in [-0.1, -0.05) is 23.2 Å². The summed E-state index contributed by atoms with van der Waals surface area (Å²) in [5, 5.41) is 16.2. The Morgan fingerprint density at radius 3 is 2.77 bits per heavy atom. The molecule has 2 N–H and O–H groups in total. The van der Waals surface area contributed by atoms with Crippen molar-refractivity contribution in [2.45, 2.75) is 45.8 Å². The number of hydrogen-bond donors (Lipinski definition) is 2. The molecule has 2 aromatic rings. The van der Waals surface area contributed by atoms with Crippen LogP contribution in [0.15, 0.2) is 11.1 Å². The molecule has 7 nitrogen and oxygen atoms in total. The predicted octanol–water partition coefficient (Wildman–Crippen LogP) is 3.13. The van der Waals surface area contributed by atoms with Crippen LogP contribution in [0.5, 0.6) is 0 Å². The highest BCUT2D eigenvalue weighted by Crippen LogP contribution is 2.25. The van der Waals surface area contributed by atoms with Gasteiger partial charge in [-0.05, 0) is 25.8 Å². The first-order valence-electron chi connectivity index (χ1n) is 8.53. The number of halogens is 3. The van der Waals surface area contributed by atoms with Crippen LogP contribution in [-0.2, 0) is 33.1 Å². The molecule has 0 bridgehead atoms. The van der Waals surface area contributed by atoms with E-state index >= 15 is 0 Å². The molecule has 1 aliphatic rings. The highest BCUT2D eigenvalue weighted by Gasteiger charge is 2.15. The lowest BCUT2D eigenvalue weighted by atomic mass is 10.2. The van der Waals surface area contributed by atoms with Crippen molar-refractivity contribution in [1.29, 1.82) is 0 Å². The van der Waals surface area contributed by atoms with Crippen LogP contribution in [0.4, 0.5) is 0 Å². The van der Waals surface area contributed by atoms with Crippen molar-refractivity contribution in [3.63, 3.8) is 0 Å². The number of nitrogens with zero attached hydrogens (tertiary/aromatic N) is 5. The number of hydrogen-bond acceptors (Lipinski definition) is 3. The number of nitrogens with one attached hydrogen (secondary N) is 2. The third kappa shape index (κ3) is 4.83. The van der Waals surface area contributed by atoms with E-state index in [4.69, 9.17) is 23.2 Å². The van der Waals surface area contributed by atoms with Crippen molar-refractivity contribution in [2.24, 2.45) is 12.0 Å². The molecular weight excluding hydrogens is 488 g/mol. The highest BCUT2D eigenvalue weighted by atomic mass is 127. The summed E-state index contributed by atoms with van der Waals surface area (Å²) < 4.78 is 4.04. The molecule has 26 heavy (non-hydrogen) atoms. The molecule has 0 saturated carbocycles. The lowest BCUT2D eigenvalue weighted by molar-refractivity contribution is 0.504. The molecule has 0 aromatic carbocycles. The van der Waals surface area contributed by atoms with Gasteiger partial charge in [-0.2, -0.15) is 0 Å². The van der Waals surface area contributed by atoms with Crippen molar-refractivity contribution in [1.82, 2.24) is 30.0 Å². The zero-order valence-electron chi connectivity index (χ0n) is 14.9. The third-order valence-corrected chi connectivity index (χ3v) is 5.15. The van der Waals surface area contributed by atoms with Crippen molar-refractivity contribution in [2.75, 3.05) is 6.54 Å². The van der Waals surface area contributed by atoms with Gasteiger partial charge in [0.2, 0.25) is 0 Å². The maximum absolute atomic E-state index is 6.10. The fourth-order valence-electron chi connectivity index (χ4n) is 2.90. The second-order valence-corrected chi connectivity index (χ2v) is 6.79. The average molecular weight is 512 g/mol. The van der Waals surface area contributed by atoms with E-state index in [1.165, 1.54) is 12.8 Å². The molecule has 2 aromatic heterocycles. The first-order chi connectivity index (χ1) is 12.1. The van der Waals surface area contributed by atoms with E-state index in [1.54, 1.807) is 0 Å². The van der Waals surface area contributed by atoms with Crippen LogP contribution in [0.25, 0.3) is 0 Å². The van der Waals surface area contributed by atoms with Crippen LogP contribution >= 0.6 is 47.2 Å². The summed E-state index contributed by atoms with van der Waals surface area (Å²) in [4.78, 5) is 4.61. The molecule has 0 saturated heterocycles. The Morgan fingerprint density at radius 1 is 1.27 bits per heavy atom. The second kappa shape index (κ2) is 9.80. The van der Waals surface area contributed by atoms with Gasteiger partial charge in [-0.25, -0.2) is 4.99 Å². The fourth-order valence-corrected chi connectivity index (χ4v) is 3.32. The topological polar surface area (TPSA) is 72.1 Å². The minimum atomic E-state index is 0. The normalized spacial score (nSPS) is 13.9. The summed E-state index contributed by atoms with van der Waals surface area (Å²) >= 11 is 12.2. The zero-order valence-corrected chi connectivity index (χ0v) is 18.8. The number of fused-ring (bicyclic) bond motifs is 1. The molecule has 0 aliphatic carbocycles. The Morgan fingerprint density at radius 2 is 2.08 bits per heavy atom. The molecule has 0 amide bonds. The van der Waals surface area contributed by atoms with Crippen LogP contribution in [-0.4, -0.2) is 31.8 Å². The number of aromatic nitrogens is 4. The van der Waals surface area contributed by atoms with Crippen LogP contribution in [0.3, 0.4) is 0 Å². The summed E-state index contributed by atoms with van der Waals surface area (Å²) in [7, 11) is 1.88. The molecule has 3 rings (SSSR count). The van der Waals surface area contributed by atoms with Crippen LogP contribution < -0.4 is 10.6 Å². The maximum Gasteiger partial charge on any atom is 0.192 e. The molecular formula is C16H24Cl2IN7. The Bertz CT molecular complexity index is 769. The van der Waals surface area contributed by atoms with E-state index in [-0.39, 0.29) is 24.0 Å². The second-order valence-electron chi connectivity index (χ2n) is 6.02. The van der Waals surface area contributed by atoms with Gasteiger partial charge in [0.15, 0.2) is 11.8 Å². The predicted molar refractivity (Wildman–Crippen MR) is 115 cm³/mol. The van der Waals surface area contributed by atoms with Crippen molar-refractivity contribution < 1.29 is 0 Å². The molecule has 10 heteroatoms. The molecule has 3 heterocycles. The van der Waals surface area contributed by atoms with Crippen LogP contribution in [0.2, 0.25) is 10.2 Å². The van der Waals surface area contributed by atoms with Gasteiger partial charge >= 0.3 is 0 Å². The Hall–Kier alpha value is -1.000. The summed E-state index contributed by atoms with van der Waals surface area (Å²) in [6.07, 6.45) is 3.38. The van der Waals surface area contributed by atoms with Gasteiger partial charge in [0.05, 0.1) is 18.1 Å². The number of rotatable bonds is 5. The Labute approximate surface area is 180 Å². The molecule has 0 fully saturated rings. The minimum absolute atomic E-state index is 0. The molecule has 1 aliphatic heterocycles. The SMILES string of the molecule is CCNC(=NCc1cc(Cl)c(Cl)n1C)NCc1nnc2n1CCCC2.I. The van der Waals surface area contributed by atoms with Gasteiger partial charge in [0.25, 0.3) is 0 Å². The molecule has 0 radical (unpaired) electrons. The monoisotopic (exact) mass is 511 g/mol. The Balaban J connectivity index is 0.00000243. The van der Waals surface area contributed by atoms with Crippen LogP contribution in [0.1, 0.15) is 37.1 Å². The van der Waals surface area contributed by atoms with E-state index in [0.29, 0.717) is 23.3 Å². The first kappa shape index (κ1) is 21.3. The van der Waals surface area contributed by atoms with Crippen molar-refractivity contribution in [3.8, 4) is 0 Å². The van der Waals surface area contributed by atoms with E-state index in [0.717, 1.165) is 42.8 Å². The standard InChI is InChI=1S/C16H23Cl2N7.HI/c1-3-19-16(20-9-11-8-12(17)15(18)24(11)2)21-10-14-23-22-13-6-4-5-7-25(13)14;/h8H,3-7,9-10H2,1-2H3,(H2,19,20,21);1H. The quantitative estimate of drug-likeness (QED) is 0.367. The molecule has 0 spiro atoms. The summed E-state index contributed by atoms with van der Waals surface area (Å²) in [5.74, 6) is 2.76. The van der Waals surface area contributed by atoms with Gasteiger partial charge in [-0.3, -0.25) is 0 Å². The smallest absolute Gasteiger partial charge is 0.192 e. The van der Waals surface area contributed by atoms with Gasteiger partial charge < -0.3 is 19.8 Å². The lowest BCUT2D eigenvalue weighted by Crippen LogP contribution is -2.37. The number of aliphatic imine (C=N–C) groups is 1. The molecule has 0 atom stereocenters. The number of aryl methyl sites for hydroxylation is 1. The largest absolute Gasteiger partial charge is 0.357 e. The van der Waals surface area contributed by atoms with E-state index < -0.39 is 0 Å². The van der Waals surface area contributed by atoms with Gasteiger partial charge in [0, 0.05) is 32.3 Å². The summed E-state index contributed by atoms with van der Waals surface area (Å²) in [6.45, 7) is 4.88. The fraction of sp³-hybridized carbons (Fsp3) is 0.562. The highest BCUT2D eigenvalue weighted by molar-refractivity contribution is 14.0. The first-order valence-corrected chi connectivity index (χ1v) is 9.28. The minimum Gasteiger partial charge on any atom is -0.357 e. The van der Waals surface area contributed by atoms with Crippen molar-refractivity contribution >= 4 is 53.1 Å². The summed E-state index contributed by atoms with van der Waals surface area (Å²) in [5.41, 5.74) is 0.951. The third-order valence-electron chi connectivity index (χ3n) is 4.31. The lowest BCUT2D eigenvalue weighted by Gasteiger charge is -2.16. The summed E-state index contributed by atoms with van der Waals surface area (Å²) in [6, 6.07) is 1.84. The Kier molecular flexibility index (Phi) is 8.03. The zero-order chi connectivity index (χ0) is 17.8. The van der Waals surface area contributed by atoms with Gasteiger partial charge in [-0.15, -0.1) is 34.2 Å². The van der Waals surface area contributed by atoms with Gasteiger partial charge in [0.1, 0.15) is 11.0 Å². The van der Waals surface area contributed by atoms with E-state index in [2.05, 4.69) is 30.4 Å². The van der Waals surface area contributed by atoms with Crippen LogP contribution in [0, 0.1) is 0 Å². The molecule has 144 valence electrons. The average Bonchev–Trinajstić information content (AvgIpc) is 3.14. The maximum atomic E-state index is 6.10. The van der Waals surface area contributed by atoms with Crippen molar-refractivity contribution in [3.05, 3.63) is 33.6 Å². The van der Waals surface area contributed by atoms with E-state index in [9.17, 15) is 0 Å². The molecule has 0 unspecified atom stereocenters. The number of guanidine groups is 1. The van der Waals surface area contributed by atoms with E-state index in [1.807, 2.05) is 24.6 Å².